The standard InChI is InChI=1S/C23H31N3O3/c1-28-18-9-5-8-16(13-18)23(27)25-20-10-6-11-21-19(20)14-24-26(21)15-17-7-3-4-12-22(17)29-2/h3-4,7,12,14,16,18,20H,5-6,8-11,13,15H2,1-2H3,(H,25,27)/t16-,18+,20-/m0/s1. The number of rotatable bonds is 6. The number of hydrogen-bond acceptors (Lipinski definition) is 4. The van der Waals surface area contributed by atoms with E-state index >= 15 is 0 Å². The quantitative estimate of drug-likeness (QED) is 0.808. The fourth-order valence-electron chi connectivity index (χ4n) is 4.79. The molecule has 1 aromatic carbocycles. The van der Waals surface area contributed by atoms with Gasteiger partial charge in [0.05, 0.1) is 32.0 Å². The molecule has 4 rings (SSSR count). The molecule has 0 saturated heterocycles. The molecular weight excluding hydrogens is 366 g/mol. The minimum atomic E-state index is 0.0561. The normalized spacial score (nSPS) is 24.0. The molecule has 0 spiro atoms. The Hall–Kier alpha value is -2.34. The van der Waals surface area contributed by atoms with Gasteiger partial charge in [0.15, 0.2) is 0 Å². The average molecular weight is 398 g/mol. The lowest BCUT2D eigenvalue weighted by Crippen LogP contribution is -2.38. The van der Waals surface area contributed by atoms with Gasteiger partial charge in [0, 0.05) is 29.8 Å². The van der Waals surface area contributed by atoms with Gasteiger partial charge >= 0.3 is 0 Å². The van der Waals surface area contributed by atoms with Crippen molar-refractivity contribution in [3.63, 3.8) is 0 Å². The zero-order valence-corrected chi connectivity index (χ0v) is 17.4. The Labute approximate surface area is 172 Å². The molecule has 2 aromatic rings. The van der Waals surface area contributed by atoms with E-state index in [4.69, 9.17) is 9.47 Å². The van der Waals surface area contributed by atoms with Crippen LogP contribution in [0.3, 0.4) is 0 Å². The summed E-state index contributed by atoms with van der Waals surface area (Å²) in [5, 5.41) is 7.97. The molecule has 6 nitrogen and oxygen atoms in total. The summed E-state index contributed by atoms with van der Waals surface area (Å²) in [5.74, 6) is 1.10. The van der Waals surface area contributed by atoms with Gasteiger partial charge in [0.2, 0.25) is 5.91 Å². The van der Waals surface area contributed by atoms with E-state index in [1.807, 2.05) is 24.4 Å². The monoisotopic (exact) mass is 397 g/mol. The Morgan fingerprint density at radius 1 is 1.21 bits per heavy atom. The van der Waals surface area contributed by atoms with E-state index < -0.39 is 0 Å². The van der Waals surface area contributed by atoms with Crippen LogP contribution < -0.4 is 10.1 Å². The minimum Gasteiger partial charge on any atom is -0.496 e. The van der Waals surface area contributed by atoms with E-state index in [-0.39, 0.29) is 24.0 Å². The second-order valence-corrected chi connectivity index (χ2v) is 8.19. The van der Waals surface area contributed by atoms with Crippen molar-refractivity contribution in [2.75, 3.05) is 14.2 Å². The van der Waals surface area contributed by atoms with Crippen LogP contribution in [0, 0.1) is 5.92 Å². The van der Waals surface area contributed by atoms with Crippen LogP contribution in [0.1, 0.15) is 61.4 Å². The molecule has 0 radical (unpaired) electrons. The van der Waals surface area contributed by atoms with Crippen LogP contribution in [0.4, 0.5) is 0 Å². The Balaban J connectivity index is 1.47. The van der Waals surface area contributed by atoms with E-state index in [1.54, 1.807) is 14.2 Å². The van der Waals surface area contributed by atoms with Crippen molar-refractivity contribution < 1.29 is 14.3 Å². The van der Waals surface area contributed by atoms with Crippen LogP contribution in [-0.4, -0.2) is 36.0 Å². The van der Waals surface area contributed by atoms with Gasteiger partial charge in [-0.05, 0) is 44.6 Å². The van der Waals surface area contributed by atoms with Crippen molar-refractivity contribution in [1.82, 2.24) is 15.1 Å². The third-order valence-electron chi connectivity index (χ3n) is 6.42. The van der Waals surface area contributed by atoms with Gasteiger partial charge in [0.1, 0.15) is 5.75 Å². The molecule has 2 aliphatic carbocycles. The highest BCUT2D eigenvalue weighted by atomic mass is 16.5. The maximum Gasteiger partial charge on any atom is 0.223 e. The maximum absolute atomic E-state index is 12.9. The molecule has 2 aliphatic rings. The molecule has 0 bridgehead atoms. The SMILES string of the molecule is COc1ccccc1Cn1ncc2c1CCC[C@@H]2NC(=O)[C@H]1CCC[C@@H](OC)C1. The summed E-state index contributed by atoms with van der Waals surface area (Å²) < 4.78 is 13.0. The van der Waals surface area contributed by atoms with Crippen molar-refractivity contribution in [3.8, 4) is 5.75 Å². The summed E-state index contributed by atoms with van der Waals surface area (Å²) in [7, 11) is 3.44. The number of hydrogen-bond donors (Lipinski definition) is 1. The number of para-hydroxylation sites is 1. The Morgan fingerprint density at radius 3 is 2.90 bits per heavy atom. The van der Waals surface area contributed by atoms with Crippen LogP contribution >= 0.6 is 0 Å². The molecule has 29 heavy (non-hydrogen) atoms. The zero-order valence-electron chi connectivity index (χ0n) is 17.4. The van der Waals surface area contributed by atoms with Crippen molar-refractivity contribution in [1.29, 1.82) is 0 Å². The van der Waals surface area contributed by atoms with Crippen molar-refractivity contribution in [3.05, 3.63) is 47.3 Å². The van der Waals surface area contributed by atoms with Crippen LogP contribution in [0.5, 0.6) is 5.75 Å². The lowest BCUT2D eigenvalue weighted by atomic mass is 9.85. The van der Waals surface area contributed by atoms with Crippen LogP contribution in [-0.2, 0) is 22.5 Å². The van der Waals surface area contributed by atoms with Crippen LogP contribution in [0.25, 0.3) is 0 Å². The lowest BCUT2D eigenvalue weighted by molar-refractivity contribution is -0.128. The van der Waals surface area contributed by atoms with Crippen LogP contribution in [0.2, 0.25) is 0 Å². The van der Waals surface area contributed by atoms with Crippen molar-refractivity contribution in [2.45, 2.75) is 63.6 Å². The van der Waals surface area contributed by atoms with Crippen molar-refractivity contribution in [2.24, 2.45) is 5.92 Å². The number of nitrogens with one attached hydrogen (secondary N) is 1. The highest BCUT2D eigenvalue weighted by molar-refractivity contribution is 5.79. The van der Waals surface area contributed by atoms with E-state index in [2.05, 4.69) is 21.2 Å². The van der Waals surface area contributed by atoms with Crippen molar-refractivity contribution >= 4 is 5.91 Å². The molecule has 1 saturated carbocycles. The van der Waals surface area contributed by atoms with E-state index in [1.165, 1.54) is 11.3 Å². The van der Waals surface area contributed by atoms with Gasteiger partial charge in [0.25, 0.3) is 0 Å². The van der Waals surface area contributed by atoms with Gasteiger partial charge in [-0.1, -0.05) is 24.6 Å². The summed E-state index contributed by atoms with van der Waals surface area (Å²) in [6, 6.07) is 8.11. The molecular formula is C23H31N3O3. The first-order valence-corrected chi connectivity index (χ1v) is 10.7. The summed E-state index contributed by atoms with van der Waals surface area (Å²) in [5.41, 5.74) is 3.50. The number of carbonyl (C=O) groups excluding carboxylic acids is 1. The highest BCUT2D eigenvalue weighted by Crippen LogP contribution is 2.32. The van der Waals surface area contributed by atoms with Gasteiger partial charge in [-0.2, -0.15) is 5.10 Å². The van der Waals surface area contributed by atoms with E-state index in [9.17, 15) is 4.79 Å². The van der Waals surface area contributed by atoms with Gasteiger partial charge in [-0.25, -0.2) is 0 Å². The number of amides is 1. The van der Waals surface area contributed by atoms with E-state index in [0.29, 0.717) is 6.54 Å². The summed E-state index contributed by atoms with van der Waals surface area (Å²) in [6.07, 6.45) is 9.07. The Bertz CT molecular complexity index is 848. The summed E-state index contributed by atoms with van der Waals surface area (Å²) >= 11 is 0. The summed E-state index contributed by atoms with van der Waals surface area (Å²) in [6.45, 7) is 0.679. The molecule has 156 valence electrons. The van der Waals surface area contributed by atoms with Gasteiger partial charge in [-0.15, -0.1) is 0 Å². The fourth-order valence-corrected chi connectivity index (χ4v) is 4.79. The first-order chi connectivity index (χ1) is 14.2. The third kappa shape index (κ3) is 4.32. The molecule has 1 aromatic heterocycles. The molecule has 6 heteroatoms. The third-order valence-corrected chi connectivity index (χ3v) is 6.42. The predicted octanol–water partition coefficient (Wildman–Crippen LogP) is 3.64. The van der Waals surface area contributed by atoms with Gasteiger partial charge in [-0.3, -0.25) is 9.48 Å². The number of fused-ring (bicyclic) bond motifs is 1. The molecule has 1 heterocycles. The maximum atomic E-state index is 12.9. The fraction of sp³-hybridized carbons (Fsp3) is 0.565. The van der Waals surface area contributed by atoms with E-state index in [0.717, 1.165) is 56.3 Å². The number of nitrogens with zero attached hydrogens (tertiary/aromatic N) is 2. The molecule has 3 atom stereocenters. The smallest absolute Gasteiger partial charge is 0.223 e. The second kappa shape index (κ2) is 8.99. The second-order valence-electron chi connectivity index (χ2n) is 8.19. The Kier molecular flexibility index (Phi) is 6.19. The first-order valence-electron chi connectivity index (χ1n) is 10.7. The number of benzene rings is 1. The zero-order chi connectivity index (χ0) is 20.2. The molecule has 1 N–H and O–H groups in total. The predicted molar refractivity (Wildman–Crippen MR) is 111 cm³/mol. The topological polar surface area (TPSA) is 65.4 Å². The molecule has 1 amide bonds. The molecule has 1 fully saturated rings. The number of aromatic nitrogens is 2. The summed E-state index contributed by atoms with van der Waals surface area (Å²) in [4.78, 5) is 12.9. The average Bonchev–Trinajstić information content (AvgIpc) is 3.18. The highest BCUT2D eigenvalue weighted by Gasteiger charge is 2.31. The van der Waals surface area contributed by atoms with Crippen LogP contribution in [0.15, 0.2) is 30.5 Å². The molecule has 0 unspecified atom stereocenters. The Morgan fingerprint density at radius 2 is 2.07 bits per heavy atom. The van der Waals surface area contributed by atoms with Gasteiger partial charge < -0.3 is 14.8 Å². The first kappa shape index (κ1) is 20.0. The number of methoxy groups -OCH3 is 2. The number of carbonyl (C=O) groups is 1. The largest absolute Gasteiger partial charge is 0.496 e. The lowest BCUT2D eigenvalue weighted by Gasteiger charge is -2.30. The molecule has 0 aliphatic heterocycles. The number of ether oxygens (including phenoxy) is 2. The minimum absolute atomic E-state index is 0.0561.